The first kappa shape index (κ1) is 28.2. The number of pyridine rings is 1. The summed E-state index contributed by atoms with van der Waals surface area (Å²) in [5.74, 6) is 0. The molecular weight excluding hydrogens is 255 g/mol. The first-order chi connectivity index (χ1) is 9.97. The third-order valence-corrected chi connectivity index (χ3v) is 2.38. The van der Waals surface area contributed by atoms with Crippen LogP contribution >= 0.6 is 0 Å². The van der Waals surface area contributed by atoms with E-state index in [0.29, 0.717) is 0 Å². The maximum Gasteiger partial charge on any atom is 0.0397 e. The van der Waals surface area contributed by atoms with Crippen LogP contribution in [0.4, 0.5) is 5.69 Å². The topological polar surface area (TPSA) is 16.1 Å². The van der Waals surface area contributed by atoms with Gasteiger partial charge in [-0.3, -0.25) is 4.98 Å². The van der Waals surface area contributed by atoms with E-state index in [0.717, 1.165) is 0 Å². The van der Waals surface area contributed by atoms with Gasteiger partial charge in [0.1, 0.15) is 0 Å². The lowest BCUT2D eigenvalue weighted by Gasteiger charge is -2.28. The maximum absolute atomic E-state index is 4.01. The quantitative estimate of drug-likeness (QED) is 0.609. The van der Waals surface area contributed by atoms with E-state index in [1.54, 1.807) is 0 Å². The molecule has 1 fully saturated rings. The summed E-state index contributed by atoms with van der Waals surface area (Å²) in [6, 6.07) is 4.18. The van der Waals surface area contributed by atoms with E-state index in [9.17, 15) is 0 Å². The van der Waals surface area contributed by atoms with Crippen molar-refractivity contribution in [2.24, 2.45) is 0 Å². The Labute approximate surface area is 136 Å². The molecule has 2 heterocycles. The molecule has 0 unspecified atom stereocenters. The lowest BCUT2D eigenvalue weighted by atomic mass is 10.1. The maximum atomic E-state index is 4.01. The van der Waals surface area contributed by atoms with Crippen molar-refractivity contribution >= 4 is 14.1 Å². The van der Waals surface area contributed by atoms with Crippen molar-refractivity contribution < 1.29 is 0 Å². The molecule has 0 aliphatic carbocycles. The Morgan fingerprint density at radius 1 is 0.714 bits per heavy atom. The third kappa shape index (κ3) is 15.2. The van der Waals surface area contributed by atoms with Gasteiger partial charge in [0.2, 0.25) is 0 Å². The normalized spacial score (nSPS) is 11.3. The molecule has 0 N–H and O–H groups in total. The molecule has 0 bridgehead atoms. The van der Waals surface area contributed by atoms with Gasteiger partial charge >= 0.3 is 0 Å². The van der Waals surface area contributed by atoms with Gasteiger partial charge in [-0.15, -0.1) is 0 Å². The van der Waals surface area contributed by atoms with Gasteiger partial charge in [-0.2, -0.15) is 0 Å². The highest BCUT2D eigenvalue weighted by Gasteiger charge is 2.09. The molecule has 3 heteroatoms. The van der Waals surface area contributed by atoms with Gasteiger partial charge in [-0.25, -0.2) is 0 Å². The third-order valence-electron chi connectivity index (χ3n) is 2.38. The fraction of sp³-hybridized carbons (Fsp3) is 0.722. The summed E-state index contributed by atoms with van der Waals surface area (Å²) < 4.78 is 0. The monoisotopic (exact) mass is 293 g/mol. The Bertz CT molecular complexity index is 234. The first-order valence-corrected chi connectivity index (χ1v) is 8.62. The summed E-state index contributed by atoms with van der Waals surface area (Å²) in [7, 11) is 0. The van der Waals surface area contributed by atoms with Gasteiger partial charge in [0.25, 0.3) is 0 Å². The number of hydrogen-bond donors (Lipinski definition) is 0. The van der Waals surface area contributed by atoms with Crippen LogP contribution < -0.4 is 4.90 Å². The zero-order valence-corrected chi connectivity index (χ0v) is 15.8. The number of rotatable bonds is 1. The minimum atomic E-state index is 0. The molecule has 0 aromatic carbocycles. The minimum Gasteiger partial charge on any atom is -0.371 e. The molecule has 0 saturated carbocycles. The van der Waals surface area contributed by atoms with Crippen LogP contribution in [0, 0.1) is 0 Å². The van der Waals surface area contributed by atoms with Crippen molar-refractivity contribution in [3.05, 3.63) is 24.5 Å². The SMILES string of the molecule is CC.CC.CC.CC.[B].c1cc(N2CCCCC2)ccn1. The van der Waals surface area contributed by atoms with Crippen LogP contribution in [-0.2, 0) is 0 Å². The Balaban J connectivity index is -0.000000141. The van der Waals surface area contributed by atoms with Crippen molar-refractivity contribution in [2.45, 2.75) is 74.7 Å². The first-order valence-electron chi connectivity index (χ1n) is 8.62. The van der Waals surface area contributed by atoms with Crippen LogP contribution in [-0.4, -0.2) is 26.5 Å². The van der Waals surface area contributed by atoms with Gasteiger partial charge in [0, 0.05) is 39.6 Å². The lowest BCUT2D eigenvalue weighted by molar-refractivity contribution is 0.577. The highest BCUT2D eigenvalue weighted by molar-refractivity contribution is 5.75. The molecule has 0 amide bonds. The Kier molecular flexibility index (Phi) is 36.8. The Morgan fingerprint density at radius 3 is 1.48 bits per heavy atom. The summed E-state index contributed by atoms with van der Waals surface area (Å²) in [6.45, 7) is 18.4. The molecule has 123 valence electrons. The second kappa shape index (κ2) is 27.4. The van der Waals surface area contributed by atoms with Crippen LogP contribution in [0.15, 0.2) is 24.5 Å². The van der Waals surface area contributed by atoms with Crippen molar-refractivity contribution in [2.75, 3.05) is 18.0 Å². The second-order valence-electron chi connectivity index (χ2n) is 3.25. The fourth-order valence-corrected chi connectivity index (χ4v) is 1.71. The number of anilines is 1. The van der Waals surface area contributed by atoms with Gasteiger partial charge in [0.15, 0.2) is 0 Å². The largest absolute Gasteiger partial charge is 0.371 e. The van der Waals surface area contributed by atoms with Crippen LogP contribution in [0.3, 0.4) is 0 Å². The van der Waals surface area contributed by atoms with E-state index in [1.807, 2.05) is 67.8 Å². The summed E-state index contributed by atoms with van der Waals surface area (Å²) in [6.07, 6.45) is 7.79. The smallest absolute Gasteiger partial charge is 0.0397 e. The summed E-state index contributed by atoms with van der Waals surface area (Å²) in [4.78, 5) is 6.45. The highest BCUT2D eigenvalue weighted by Crippen LogP contribution is 2.17. The number of hydrogen-bond acceptors (Lipinski definition) is 2. The molecule has 1 aromatic heterocycles. The van der Waals surface area contributed by atoms with Gasteiger partial charge in [0.05, 0.1) is 0 Å². The van der Waals surface area contributed by atoms with E-state index in [-0.39, 0.29) is 8.41 Å². The van der Waals surface area contributed by atoms with E-state index in [4.69, 9.17) is 0 Å². The van der Waals surface area contributed by atoms with Crippen LogP contribution in [0.2, 0.25) is 0 Å². The molecule has 21 heavy (non-hydrogen) atoms. The number of aromatic nitrogens is 1. The molecule has 0 spiro atoms. The summed E-state index contributed by atoms with van der Waals surface area (Å²) in [5, 5.41) is 0. The predicted octanol–water partition coefficient (Wildman–Crippen LogP) is 5.80. The standard InChI is InChI=1S/C10H14N2.4C2H6.B/c1-2-8-12(9-3-1)10-4-6-11-7-5-10;4*1-2;/h4-7H,1-3,8-9H2;4*1-2H3;. The number of nitrogens with zero attached hydrogens (tertiary/aromatic N) is 2. The lowest BCUT2D eigenvalue weighted by Crippen LogP contribution is -2.29. The van der Waals surface area contributed by atoms with Crippen molar-refractivity contribution in [3.8, 4) is 0 Å². The summed E-state index contributed by atoms with van der Waals surface area (Å²) >= 11 is 0. The van der Waals surface area contributed by atoms with Gasteiger partial charge in [-0.1, -0.05) is 55.4 Å². The average Bonchev–Trinajstić information content (AvgIpc) is 2.63. The van der Waals surface area contributed by atoms with Crippen molar-refractivity contribution in [1.29, 1.82) is 0 Å². The fourth-order valence-electron chi connectivity index (χ4n) is 1.71. The average molecular weight is 293 g/mol. The number of piperidine rings is 1. The van der Waals surface area contributed by atoms with Gasteiger partial charge in [-0.05, 0) is 31.4 Å². The zero-order valence-electron chi connectivity index (χ0n) is 15.8. The molecular formula is C18H38BN2. The van der Waals surface area contributed by atoms with Crippen LogP contribution in [0.1, 0.15) is 74.7 Å². The van der Waals surface area contributed by atoms with E-state index < -0.39 is 0 Å². The van der Waals surface area contributed by atoms with Gasteiger partial charge < -0.3 is 4.90 Å². The van der Waals surface area contributed by atoms with E-state index in [1.165, 1.54) is 38.0 Å². The molecule has 3 radical (unpaired) electrons. The molecule has 1 saturated heterocycles. The second-order valence-corrected chi connectivity index (χ2v) is 3.25. The molecule has 2 rings (SSSR count). The minimum absolute atomic E-state index is 0. The van der Waals surface area contributed by atoms with Crippen molar-refractivity contribution in [3.63, 3.8) is 0 Å². The van der Waals surface area contributed by atoms with E-state index >= 15 is 0 Å². The van der Waals surface area contributed by atoms with E-state index in [2.05, 4.69) is 22.0 Å². The predicted molar refractivity (Wildman–Crippen MR) is 101 cm³/mol. The zero-order chi connectivity index (χ0) is 16.2. The Morgan fingerprint density at radius 2 is 1.10 bits per heavy atom. The molecule has 1 aliphatic rings. The Hall–Kier alpha value is -0.985. The van der Waals surface area contributed by atoms with Crippen molar-refractivity contribution in [1.82, 2.24) is 4.98 Å². The van der Waals surface area contributed by atoms with Crippen LogP contribution in [0.25, 0.3) is 0 Å². The molecule has 0 atom stereocenters. The molecule has 2 nitrogen and oxygen atoms in total. The van der Waals surface area contributed by atoms with Crippen LogP contribution in [0.5, 0.6) is 0 Å². The molecule has 1 aromatic rings. The highest BCUT2D eigenvalue weighted by atomic mass is 15.1. The summed E-state index contributed by atoms with van der Waals surface area (Å²) in [5.41, 5.74) is 1.32. The molecule has 1 aliphatic heterocycles.